The molecule has 58 valence electrons. The first-order valence-electron chi connectivity index (χ1n) is 4.23. The number of hydrogen-bond acceptors (Lipinski definition) is 2. The molecule has 2 fully saturated rings. The third kappa shape index (κ3) is 0.956. The first-order valence-corrected chi connectivity index (χ1v) is 4.23. The molecular weight excluding hydrogens is 126 g/mol. The van der Waals surface area contributed by atoms with Gasteiger partial charge in [-0.05, 0) is 19.8 Å². The maximum Gasteiger partial charge on any atom is 0.0742 e. The summed E-state index contributed by atoms with van der Waals surface area (Å²) in [5.74, 6) is 0.800. The second-order valence-electron chi connectivity index (χ2n) is 3.41. The van der Waals surface area contributed by atoms with Gasteiger partial charge in [-0.15, -0.1) is 0 Å². The fourth-order valence-electron chi connectivity index (χ4n) is 2.10. The molecule has 3 unspecified atom stereocenters. The smallest absolute Gasteiger partial charge is 0.0742 e. The van der Waals surface area contributed by atoms with Crippen LogP contribution in [0.5, 0.6) is 0 Å². The van der Waals surface area contributed by atoms with Crippen molar-refractivity contribution in [3.8, 4) is 0 Å². The van der Waals surface area contributed by atoms with Crippen molar-refractivity contribution in [1.82, 2.24) is 5.32 Å². The summed E-state index contributed by atoms with van der Waals surface area (Å²) in [5.41, 5.74) is 0. The molecule has 0 aromatic heterocycles. The molecule has 2 saturated heterocycles. The Morgan fingerprint density at radius 3 is 3.20 bits per heavy atom. The fourth-order valence-corrected chi connectivity index (χ4v) is 2.10. The lowest BCUT2D eigenvalue weighted by Crippen LogP contribution is -2.30. The molecule has 2 heteroatoms. The van der Waals surface area contributed by atoms with Crippen LogP contribution in [0.2, 0.25) is 0 Å². The van der Waals surface area contributed by atoms with Crippen molar-refractivity contribution >= 4 is 0 Å². The Labute approximate surface area is 61.9 Å². The van der Waals surface area contributed by atoms with E-state index in [-0.39, 0.29) is 0 Å². The van der Waals surface area contributed by atoms with Crippen molar-refractivity contribution in [2.24, 2.45) is 5.92 Å². The highest BCUT2D eigenvalue weighted by Gasteiger charge is 2.35. The number of rotatable bonds is 0. The Balaban J connectivity index is 2.01. The molecule has 0 aromatic rings. The highest BCUT2D eigenvalue weighted by molar-refractivity contribution is 4.90. The summed E-state index contributed by atoms with van der Waals surface area (Å²) in [6.07, 6.45) is 3.15. The van der Waals surface area contributed by atoms with Gasteiger partial charge in [0.15, 0.2) is 0 Å². The van der Waals surface area contributed by atoms with E-state index in [9.17, 15) is 0 Å². The van der Waals surface area contributed by atoms with Crippen LogP contribution in [0.3, 0.4) is 0 Å². The lowest BCUT2D eigenvalue weighted by atomic mass is 9.92. The van der Waals surface area contributed by atoms with Crippen LogP contribution < -0.4 is 5.32 Å². The molecule has 0 aliphatic carbocycles. The first kappa shape index (κ1) is 6.62. The Morgan fingerprint density at radius 1 is 1.50 bits per heavy atom. The van der Waals surface area contributed by atoms with E-state index in [4.69, 9.17) is 4.74 Å². The average molecular weight is 141 g/mol. The molecular formula is C8H15NO. The molecule has 0 aromatic carbocycles. The lowest BCUT2D eigenvalue weighted by molar-refractivity contribution is -0.00445. The molecule has 0 amide bonds. The molecule has 2 heterocycles. The molecule has 2 rings (SSSR count). The summed E-state index contributed by atoms with van der Waals surface area (Å²) in [7, 11) is 0. The van der Waals surface area contributed by atoms with Gasteiger partial charge >= 0.3 is 0 Å². The zero-order valence-electron chi connectivity index (χ0n) is 6.47. The zero-order chi connectivity index (χ0) is 6.97. The van der Waals surface area contributed by atoms with Crippen molar-refractivity contribution in [2.45, 2.75) is 31.9 Å². The molecule has 0 saturated carbocycles. The predicted molar refractivity (Wildman–Crippen MR) is 39.9 cm³/mol. The molecule has 3 atom stereocenters. The second kappa shape index (κ2) is 2.51. The summed E-state index contributed by atoms with van der Waals surface area (Å²) in [5, 5.41) is 3.44. The van der Waals surface area contributed by atoms with E-state index in [1.165, 1.54) is 12.8 Å². The largest absolute Gasteiger partial charge is 0.377 e. The minimum atomic E-state index is 0.531. The highest BCUT2D eigenvalue weighted by Crippen LogP contribution is 2.27. The van der Waals surface area contributed by atoms with Crippen LogP contribution in [-0.4, -0.2) is 25.3 Å². The van der Waals surface area contributed by atoms with E-state index in [1.807, 2.05) is 0 Å². The minimum Gasteiger partial charge on any atom is -0.377 e. The summed E-state index contributed by atoms with van der Waals surface area (Å²) >= 11 is 0. The third-order valence-electron chi connectivity index (χ3n) is 2.77. The van der Waals surface area contributed by atoms with Crippen LogP contribution >= 0.6 is 0 Å². The fraction of sp³-hybridized carbons (Fsp3) is 1.00. The van der Waals surface area contributed by atoms with Gasteiger partial charge in [-0.1, -0.05) is 0 Å². The maximum absolute atomic E-state index is 5.61. The third-order valence-corrected chi connectivity index (χ3v) is 2.77. The predicted octanol–water partition coefficient (Wildman–Crippen LogP) is 0.773. The van der Waals surface area contributed by atoms with Crippen LogP contribution in [0.25, 0.3) is 0 Å². The van der Waals surface area contributed by atoms with Gasteiger partial charge in [-0.25, -0.2) is 0 Å². The Hall–Kier alpha value is -0.0800. The average Bonchev–Trinajstić information content (AvgIpc) is 2.34. The zero-order valence-corrected chi connectivity index (χ0v) is 6.47. The first-order chi connectivity index (χ1) is 4.88. The topological polar surface area (TPSA) is 21.3 Å². The van der Waals surface area contributed by atoms with Crippen LogP contribution in [0.15, 0.2) is 0 Å². The van der Waals surface area contributed by atoms with Crippen LogP contribution in [-0.2, 0) is 4.74 Å². The number of fused-ring (bicyclic) bond motifs is 1. The van der Waals surface area contributed by atoms with Gasteiger partial charge < -0.3 is 10.1 Å². The second-order valence-corrected chi connectivity index (χ2v) is 3.41. The van der Waals surface area contributed by atoms with Gasteiger partial charge in [-0.2, -0.15) is 0 Å². The molecule has 0 spiro atoms. The van der Waals surface area contributed by atoms with Gasteiger partial charge in [0.25, 0.3) is 0 Å². The van der Waals surface area contributed by atoms with Crippen LogP contribution in [0, 0.1) is 5.92 Å². The van der Waals surface area contributed by atoms with E-state index in [0.717, 1.165) is 19.1 Å². The van der Waals surface area contributed by atoms with Gasteiger partial charge in [0.05, 0.1) is 6.10 Å². The molecule has 0 radical (unpaired) electrons. The van der Waals surface area contributed by atoms with Crippen molar-refractivity contribution < 1.29 is 4.74 Å². The standard InChI is InChI=1S/C8H15NO/c1-6-7-3-2-4-10-8(7)5-9-6/h6-9H,2-5H2,1H3. The molecule has 2 nitrogen and oxygen atoms in total. The van der Waals surface area contributed by atoms with Crippen molar-refractivity contribution in [3.63, 3.8) is 0 Å². The van der Waals surface area contributed by atoms with Gasteiger partial charge in [0, 0.05) is 25.1 Å². The van der Waals surface area contributed by atoms with E-state index >= 15 is 0 Å². The lowest BCUT2D eigenvalue weighted by Gasteiger charge is -2.26. The van der Waals surface area contributed by atoms with Crippen LogP contribution in [0.1, 0.15) is 19.8 Å². The number of hydrogen-bond donors (Lipinski definition) is 1. The van der Waals surface area contributed by atoms with Crippen molar-refractivity contribution in [1.29, 1.82) is 0 Å². The molecule has 0 bridgehead atoms. The van der Waals surface area contributed by atoms with E-state index in [0.29, 0.717) is 12.1 Å². The maximum atomic E-state index is 5.61. The van der Waals surface area contributed by atoms with Crippen molar-refractivity contribution in [3.05, 3.63) is 0 Å². The molecule has 1 N–H and O–H groups in total. The molecule has 2 aliphatic rings. The van der Waals surface area contributed by atoms with Gasteiger partial charge in [0.1, 0.15) is 0 Å². The Morgan fingerprint density at radius 2 is 2.40 bits per heavy atom. The summed E-state index contributed by atoms with van der Waals surface area (Å²) in [6, 6.07) is 0.685. The summed E-state index contributed by atoms with van der Waals surface area (Å²) < 4.78 is 5.61. The van der Waals surface area contributed by atoms with E-state index in [1.54, 1.807) is 0 Å². The van der Waals surface area contributed by atoms with Gasteiger partial charge in [-0.3, -0.25) is 0 Å². The SMILES string of the molecule is CC1NCC2OCCCC12. The minimum absolute atomic E-state index is 0.531. The highest BCUT2D eigenvalue weighted by atomic mass is 16.5. The monoisotopic (exact) mass is 141 g/mol. The quantitative estimate of drug-likeness (QED) is 0.538. The van der Waals surface area contributed by atoms with Gasteiger partial charge in [0.2, 0.25) is 0 Å². The number of nitrogens with one attached hydrogen (secondary N) is 1. The summed E-state index contributed by atoms with van der Waals surface area (Å²) in [6.45, 7) is 4.32. The van der Waals surface area contributed by atoms with E-state index in [2.05, 4.69) is 12.2 Å². The van der Waals surface area contributed by atoms with Crippen molar-refractivity contribution in [2.75, 3.05) is 13.2 Å². The Kier molecular flexibility index (Phi) is 1.66. The molecule has 10 heavy (non-hydrogen) atoms. The van der Waals surface area contributed by atoms with E-state index < -0.39 is 0 Å². The molecule has 2 aliphatic heterocycles. The van der Waals surface area contributed by atoms with Crippen LogP contribution in [0.4, 0.5) is 0 Å². The summed E-state index contributed by atoms with van der Waals surface area (Å²) in [4.78, 5) is 0. The Bertz CT molecular complexity index is 124. The number of ether oxygens (including phenoxy) is 1. The normalized spacial score (nSPS) is 47.1.